The van der Waals surface area contributed by atoms with Crippen molar-refractivity contribution in [3.63, 3.8) is 0 Å². The van der Waals surface area contributed by atoms with E-state index in [0.29, 0.717) is 11.3 Å². The molecule has 0 aliphatic carbocycles. The zero-order chi connectivity index (χ0) is 14.8. The third-order valence-electron chi connectivity index (χ3n) is 2.88. The lowest BCUT2D eigenvalue weighted by molar-refractivity contribution is 0.101. The Morgan fingerprint density at radius 2 is 1.60 bits per heavy atom. The molecular formula is C15H15NO3S. The summed E-state index contributed by atoms with van der Waals surface area (Å²) in [4.78, 5) is 11.7. The summed E-state index contributed by atoms with van der Waals surface area (Å²) in [6.07, 6.45) is 0. The molecule has 0 saturated heterocycles. The minimum absolute atomic E-state index is 0.168. The van der Waals surface area contributed by atoms with E-state index in [1.54, 1.807) is 36.4 Å². The highest BCUT2D eigenvalue weighted by Gasteiger charge is 2.16. The van der Waals surface area contributed by atoms with Crippen molar-refractivity contribution in [1.82, 2.24) is 0 Å². The molecule has 1 N–H and O–H groups in total. The number of Topliss-reactive ketones (excluding diaryl/α,β-unsaturated/α-hetero) is 1. The average molecular weight is 289 g/mol. The highest BCUT2D eigenvalue weighted by Crippen LogP contribution is 2.20. The van der Waals surface area contributed by atoms with Crippen molar-refractivity contribution in [1.29, 1.82) is 0 Å². The number of anilines is 1. The number of aryl methyl sites for hydroxylation is 1. The maximum Gasteiger partial charge on any atom is 0.261 e. The van der Waals surface area contributed by atoms with Crippen molar-refractivity contribution >= 4 is 21.5 Å². The van der Waals surface area contributed by atoms with Crippen LogP contribution in [0.5, 0.6) is 0 Å². The Morgan fingerprint density at radius 1 is 1.00 bits per heavy atom. The van der Waals surface area contributed by atoms with Crippen molar-refractivity contribution in [3.8, 4) is 0 Å². The zero-order valence-corrected chi connectivity index (χ0v) is 12.1. The van der Waals surface area contributed by atoms with Gasteiger partial charge in [-0.1, -0.05) is 29.8 Å². The Bertz CT molecular complexity index is 734. The summed E-state index contributed by atoms with van der Waals surface area (Å²) < 4.78 is 27.0. The Morgan fingerprint density at radius 3 is 2.20 bits per heavy atom. The predicted octanol–water partition coefficient (Wildman–Crippen LogP) is 3.00. The van der Waals surface area contributed by atoms with Gasteiger partial charge in [-0.2, -0.15) is 0 Å². The number of hydrogen-bond acceptors (Lipinski definition) is 3. The van der Waals surface area contributed by atoms with Gasteiger partial charge < -0.3 is 0 Å². The molecule has 0 atom stereocenters. The van der Waals surface area contributed by atoms with Crippen LogP contribution in [0, 0.1) is 6.92 Å². The van der Waals surface area contributed by atoms with Crippen LogP contribution < -0.4 is 4.72 Å². The second kappa shape index (κ2) is 5.46. The lowest BCUT2D eigenvalue weighted by atomic mass is 10.1. The van der Waals surface area contributed by atoms with Crippen LogP contribution in [0.25, 0.3) is 0 Å². The molecule has 0 aliphatic heterocycles. The highest BCUT2D eigenvalue weighted by atomic mass is 32.2. The van der Waals surface area contributed by atoms with E-state index in [0.717, 1.165) is 5.56 Å². The second-order valence-electron chi connectivity index (χ2n) is 4.52. The van der Waals surface area contributed by atoms with Crippen LogP contribution in [0.1, 0.15) is 22.8 Å². The van der Waals surface area contributed by atoms with E-state index in [9.17, 15) is 13.2 Å². The van der Waals surface area contributed by atoms with E-state index < -0.39 is 10.0 Å². The van der Waals surface area contributed by atoms with Crippen molar-refractivity contribution in [2.45, 2.75) is 18.7 Å². The molecule has 0 bridgehead atoms. The number of carbonyl (C=O) groups excluding carboxylic acids is 1. The molecule has 2 rings (SSSR count). The fraction of sp³-hybridized carbons (Fsp3) is 0.133. The van der Waals surface area contributed by atoms with Crippen molar-refractivity contribution in [2.75, 3.05) is 4.72 Å². The normalized spacial score (nSPS) is 11.1. The van der Waals surface area contributed by atoms with Gasteiger partial charge in [0.2, 0.25) is 0 Å². The van der Waals surface area contributed by atoms with Gasteiger partial charge in [-0.05, 0) is 38.1 Å². The predicted molar refractivity (Wildman–Crippen MR) is 78.4 cm³/mol. The zero-order valence-electron chi connectivity index (χ0n) is 11.3. The molecule has 4 nitrogen and oxygen atoms in total. The number of hydrogen-bond donors (Lipinski definition) is 1. The smallest absolute Gasteiger partial charge is 0.261 e. The number of rotatable bonds is 4. The SMILES string of the molecule is CC(=O)c1ccccc1NS(=O)(=O)c1ccc(C)cc1. The van der Waals surface area contributed by atoms with Gasteiger partial charge in [-0.3, -0.25) is 9.52 Å². The van der Waals surface area contributed by atoms with Gasteiger partial charge in [-0.15, -0.1) is 0 Å². The second-order valence-corrected chi connectivity index (χ2v) is 6.20. The first-order valence-electron chi connectivity index (χ1n) is 6.09. The Labute approximate surface area is 118 Å². The first kappa shape index (κ1) is 14.3. The van der Waals surface area contributed by atoms with Crippen LogP contribution >= 0.6 is 0 Å². The van der Waals surface area contributed by atoms with E-state index in [1.165, 1.54) is 19.1 Å². The molecular weight excluding hydrogens is 274 g/mol. The first-order valence-corrected chi connectivity index (χ1v) is 7.58. The topological polar surface area (TPSA) is 63.2 Å². The summed E-state index contributed by atoms with van der Waals surface area (Å²) in [5.41, 5.74) is 1.62. The minimum Gasteiger partial charge on any atom is -0.294 e. The minimum atomic E-state index is -3.69. The Kier molecular flexibility index (Phi) is 3.90. The van der Waals surface area contributed by atoms with Gasteiger partial charge in [0, 0.05) is 5.56 Å². The van der Waals surface area contributed by atoms with Crippen LogP contribution in [-0.2, 0) is 10.0 Å². The molecule has 0 amide bonds. The summed E-state index contributed by atoms with van der Waals surface area (Å²) in [6, 6.07) is 13.1. The first-order chi connectivity index (χ1) is 9.40. The molecule has 5 heteroatoms. The van der Waals surface area contributed by atoms with E-state index in [-0.39, 0.29) is 10.7 Å². The largest absolute Gasteiger partial charge is 0.294 e. The Hall–Kier alpha value is -2.14. The standard InChI is InChI=1S/C15H15NO3S/c1-11-7-9-13(10-8-11)20(18,19)16-15-6-4-3-5-14(15)12(2)17/h3-10,16H,1-2H3. The molecule has 20 heavy (non-hydrogen) atoms. The molecule has 0 radical (unpaired) electrons. The van der Waals surface area contributed by atoms with Crippen molar-refractivity contribution < 1.29 is 13.2 Å². The fourth-order valence-corrected chi connectivity index (χ4v) is 2.88. The number of nitrogens with one attached hydrogen (secondary N) is 1. The summed E-state index contributed by atoms with van der Waals surface area (Å²) in [5.74, 6) is -0.188. The summed E-state index contributed by atoms with van der Waals surface area (Å²) in [7, 11) is -3.69. The molecule has 0 aliphatic rings. The van der Waals surface area contributed by atoms with Gasteiger partial charge in [0.1, 0.15) is 0 Å². The quantitative estimate of drug-likeness (QED) is 0.880. The molecule has 2 aromatic carbocycles. The van der Waals surface area contributed by atoms with E-state index in [1.807, 2.05) is 6.92 Å². The molecule has 0 fully saturated rings. The molecule has 0 unspecified atom stereocenters. The number of carbonyl (C=O) groups is 1. The number of ketones is 1. The summed E-state index contributed by atoms with van der Waals surface area (Å²) in [5, 5.41) is 0. The maximum atomic E-state index is 12.3. The van der Waals surface area contributed by atoms with Gasteiger partial charge in [0.25, 0.3) is 10.0 Å². The monoisotopic (exact) mass is 289 g/mol. The fourth-order valence-electron chi connectivity index (χ4n) is 1.80. The van der Waals surface area contributed by atoms with Gasteiger partial charge >= 0.3 is 0 Å². The lowest BCUT2D eigenvalue weighted by Gasteiger charge is -2.11. The van der Waals surface area contributed by atoms with E-state index >= 15 is 0 Å². The average Bonchev–Trinajstić information content (AvgIpc) is 2.39. The Balaban J connectivity index is 2.38. The highest BCUT2D eigenvalue weighted by molar-refractivity contribution is 7.92. The number of para-hydroxylation sites is 1. The van der Waals surface area contributed by atoms with E-state index in [4.69, 9.17) is 0 Å². The van der Waals surface area contributed by atoms with Crippen LogP contribution in [0.4, 0.5) is 5.69 Å². The third-order valence-corrected chi connectivity index (χ3v) is 4.26. The van der Waals surface area contributed by atoms with Crippen LogP contribution in [-0.4, -0.2) is 14.2 Å². The summed E-state index contributed by atoms with van der Waals surface area (Å²) >= 11 is 0. The molecule has 0 saturated carbocycles. The third kappa shape index (κ3) is 3.05. The van der Waals surface area contributed by atoms with Crippen molar-refractivity contribution in [2.24, 2.45) is 0 Å². The molecule has 104 valence electrons. The van der Waals surface area contributed by atoms with E-state index in [2.05, 4.69) is 4.72 Å². The van der Waals surface area contributed by atoms with Gasteiger partial charge in [0.05, 0.1) is 10.6 Å². The lowest BCUT2D eigenvalue weighted by Crippen LogP contribution is -2.15. The van der Waals surface area contributed by atoms with Crippen LogP contribution in [0.2, 0.25) is 0 Å². The number of benzene rings is 2. The molecule has 0 spiro atoms. The molecule has 2 aromatic rings. The van der Waals surface area contributed by atoms with Crippen LogP contribution in [0.15, 0.2) is 53.4 Å². The summed E-state index contributed by atoms with van der Waals surface area (Å²) in [6.45, 7) is 3.29. The van der Waals surface area contributed by atoms with Crippen molar-refractivity contribution in [3.05, 3.63) is 59.7 Å². The molecule has 0 aromatic heterocycles. The molecule has 0 heterocycles. The van der Waals surface area contributed by atoms with Gasteiger partial charge in [-0.25, -0.2) is 8.42 Å². The van der Waals surface area contributed by atoms with Gasteiger partial charge in [0.15, 0.2) is 5.78 Å². The van der Waals surface area contributed by atoms with Crippen LogP contribution in [0.3, 0.4) is 0 Å². The maximum absolute atomic E-state index is 12.3. The number of sulfonamides is 1.